The molecule has 6 heteroatoms. The normalized spacial score (nSPS) is 27.1. The number of nitrogen functional groups attached to an aromatic ring is 2. The molecule has 4 bridgehead atoms. The maximum Gasteiger partial charge on any atom is 0.153 e. The highest BCUT2D eigenvalue weighted by Gasteiger charge is 2.49. The molecule has 4 aliphatic rings. The monoisotopic (exact) mass is 462 g/mol. The first-order valence-electron chi connectivity index (χ1n) is 12.0. The summed E-state index contributed by atoms with van der Waals surface area (Å²) in [7, 11) is 0. The first kappa shape index (κ1) is 21.3. The predicted molar refractivity (Wildman–Crippen MR) is 128 cm³/mol. The third-order valence-electron chi connectivity index (χ3n) is 7.97. The summed E-state index contributed by atoms with van der Waals surface area (Å²) >= 11 is 0. The number of anilines is 2. The van der Waals surface area contributed by atoms with Crippen LogP contribution in [0.2, 0.25) is 0 Å². The second-order valence-electron chi connectivity index (χ2n) is 10.2. The second kappa shape index (κ2) is 8.19. The molecule has 4 saturated carbocycles. The molecule has 0 radical (unpaired) electrons. The first-order chi connectivity index (χ1) is 16.4. The molecular formula is C28H28F2N2O2. The largest absolute Gasteiger partial charge is 0.455 e. The fourth-order valence-electron chi connectivity index (χ4n) is 6.81. The Morgan fingerprint density at radius 3 is 1.76 bits per heavy atom. The van der Waals surface area contributed by atoms with Crippen LogP contribution in [0, 0.1) is 35.3 Å². The standard InChI is InChI=1S/C28H28F2N2O2/c29-19-1-5-23(31)26(12-19)33-21-3-4-22(25(14-21)34-27-13-20(30)2-6-24(27)32)28-17-8-15-7-16(10-17)11-18(28)9-15/h1-6,12-18,28H,7-11,31-32H2. The Hall–Kier alpha value is -3.28. The quantitative estimate of drug-likeness (QED) is 0.392. The zero-order chi connectivity index (χ0) is 23.4. The van der Waals surface area contributed by atoms with Crippen LogP contribution in [0.1, 0.15) is 43.6 Å². The number of halogens is 2. The molecule has 4 aliphatic carbocycles. The van der Waals surface area contributed by atoms with Crippen LogP contribution in [0.5, 0.6) is 23.0 Å². The van der Waals surface area contributed by atoms with Gasteiger partial charge in [0.1, 0.15) is 23.1 Å². The van der Waals surface area contributed by atoms with Crippen LogP contribution >= 0.6 is 0 Å². The van der Waals surface area contributed by atoms with Gasteiger partial charge in [-0.1, -0.05) is 6.07 Å². The molecule has 34 heavy (non-hydrogen) atoms. The molecule has 4 nitrogen and oxygen atoms in total. The fraction of sp³-hybridized carbons (Fsp3) is 0.357. The maximum absolute atomic E-state index is 14.0. The number of rotatable bonds is 5. The molecule has 0 aromatic heterocycles. The SMILES string of the molecule is Nc1ccc(F)cc1Oc1ccc(C2C3CC4CC(C3)CC2C4)c(Oc2cc(F)ccc2N)c1. The molecule has 0 spiro atoms. The van der Waals surface area contributed by atoms with Crippen LogP contribution in [-0.2, 0) is 0 Å². The maximum atomic E-state index is 14.0. The Labute approximate surface area is 197 Å². The molecule has 4 N–H and O–H groups in total. The van der Waals surface area contributed by atoms with E-state index >= 15 is 0 Å². The molecule has 3 aromatic carbocycles. The van der Waals surface area contributed by atoms with Gasteiger partial charge in [0, 0.05) is 18.2 Å². The molecule has 0 amide bonds. The molecule has 0 atom stereocenters. The molecule has 0 aliphatic heterocycles. The number of hydrogen-bond acceptors (Lipinski definition) is 4. The lowest BCUT2D eigenvalue weighted by molar-refractivity contribution is -0.00337. The molecular weight excluding hydrogens is 434 g/mol. The smallest absolute Gasteiger partial charge is 0.153 e. The lowest BCUT2D eigenvalue weighted by atomic mass is 9.50. The second-order valence-corrected chi connectivity index (χ2v) is 10.2. The van der Waals surface area contributed by atoms with E-state index in [1.54, 1.807) is 6.07 Å². The number of benzene rings is 3. The third-order valence-corrected chi connectivity index (χ3v) is 7.97. The van der Waals surface area contributed by atoms with E-state index in [1.165, 1.54) is 68.5 Å². The Morgan fingerprint density at radius 2 is 1.18 bits per heavy atom. The summed E-state index contributed by atoms with van der Waals surface area (Å²) in [5.41, 5.74) is 13.9. The van der Waals surface area contributed by atoms with E-state index < -0.39 is 11.6 Å². The summed E-state index contributed by atoms with van der Waals surface area (Å²) in [5.74, 6) is 4.08. The predicted octanol–water partition coefficient (Wildman–Crippen LogP) is 7.25. The minimum atomic E-state index is -0.432. The van der Waals surface area contributed by atoms with Crippen molar-refractivity contribution >= 4 is 11.4 Å². The van der Waals surface area contributed by atoms with Gasteiger partial charge >= 0.3 is 0 Å². The Balaban J connectivity index is 1.39. The van der Waals surface area contributed by atoms with Crippen molar-refractivity contribution in [3.8, 4) is 23.0 Å². The van der Waals surface area contributed by atoms with Crippen LogP contribution < -0.4 is 20.9 Å². The van der Waals surface area contributed by atoms with Crippen LogP contribution in [0.3, 0.4) is 0 Å². The van der Waals surface area contributed by atoms with Gasteiger partial charge in [-0.3, -0.25) is 0 Å². The van der Waals surface area contributed by atoms with Gasteiger partial charge in [0.15, 0.2) is 11.5 Å². The van der Waals surface area contributed by atoms with Crippen molar-refractivity contribution in [1.82, 2.24) is 0 Å². The van der Waals surface area contributed by atoms with Gasteiger partial charge in [-0.25, -0.2) is 8.78 Å². The lowest BCUT2D eigenvalue weighted by Crippen LogP contribution is -2.43. The van der Waals surface area contributed by atoms with E-state index in [0.29, 0.717) is 40.6 Å². The van der Waals surface area contributed by atoms with Gasteiger partial charge in [-0.2, -0.15) is 0 Å². The fourth-order valence-corrected chi connectivity index (χ4v) is 6.81. The highest BCUT2D eigenvalue weighted by atomic mass is 19.1. The van der Waals surface area contributed by atoms with E-state index in [4.69, 9.17) is 20.9 Å². The summed E-state index contributed by atoms with van der Waals surface area (Å²) in [6, 6.07) is 13.8. The van der Waals surface area contributed by atoms with Crippen molar-refractivity contribution in [3.63, 3.8) is 0 Å². The van der Waals surface area contributed by atoms with Gasteiger partial charge in [0.25, 0.3) is 0 Å². The highest BCUT2D eigenvalue weighted by Crippen LogP contribution is 2.61. The summed E-state index contributed by atoms with van der Waals surface area (Å²) in [5, 5.41) is 0. The van der Waals surface area contributed by atoms with Crippen molar-refractivity contribution in [2.24, 2.45) is 23.7 Å². The van der Waals surface area contributed by atoms with Crippen molar-refractivity contribution in [1.29, 1.82) is 0 Å². The van der Waals surface area contributed by atoms with Crippen LogP contribution in [-0.4, -0.2) is 0 Å². The number of nitrogens with two attached hydrogens (primary N) is 2. The van der Waals surface area contributed by atoms with Crippen molar-refractivity contribution in [2.75, 3.05) is 11.5 Å². The third kappa shape index (κ3) is 3.85. The minimum absolute atomic E-state index is 0.235. The van der Waals surface area contributed by atoms with Crippen molar-refractivity contribution < 1.29 is 18.3 Å². The minimum Gasteiger partial charge on any atom is -0.455 e. The van der Waals surface area contributed by atoms with Crippen molar-refractivity contribution in [3.05, 3.63) is 71.8 Å². The summed E-state index contributed by atoms with van der Waals surface area (Å²) in [4.78, 5) is 0. The Bertz CT molecular complexity index is 1220. The Kier molecular flexibility index (Phi) is 5.12. The molecule has 0 saturated heterocycles. The first-order valence-corrected chi connectivity index (χ1v) is 12.0. The summed E-state index contributed by atoms with van der Waals surface area (Å²) in [6.07, 6.45) is 6.42. The van der Waals surface area contributed by atoms with E-state index in [-0.39, 0.29) is 11.5 Å². The van der Waals surface area contributed by atoms with E-state index in [9.17, 15) is 8.78 Å². The van der Waals surface area contributed by atoms with Gasteiger partial charge in [0.2, 0.25) is 0 Å². The van der Waals surface area contributed by atoms with Gasteiger partial charge in [0.05, 0.1) is 11.4 Å². The van der Waals surface area contributed by atoms with Crippen LogP contribution in [0.4, 0.5) is 20.2 Å². The van der Waals surface area contributed by atoms with Crippen molar-refractivity contribution in [2.45, 2.75) is 38.0 Å². The summed E-state index contributed by atoms with van der Waals surface area (Å²) < 4.78 is 39.9. The van der Waals surface area contributed by atoms with E-state index in [0.717, 1.165) is 17.4 Å². The molecule has 4 fully saturated rings. The molecule has 176 valence electrons. The average Bonchev–Trinajstić information content (AvgIpc) is 2.79. The Morgan fingerprint density at radius 1 is 0.618 bits per heavy atom. The molecule has 7 rings (SSSR count). The zero-order valence-corrected chi connectivity index (χ0v) is 18.8. The highest BCUT2D eigenvalue weighted by molar-refractivity contribution is 5.57. The number of ether oxygens (including phenoxy) is 2. The molecule has 3 aromatic rings. The van der Waals surface area contributed by atoms with E-state index in [2.05, 4.69) is 0 Å². The summed E-state index contributed by atoms with van der Waals surface area (Å²) in [6.45, 7) is 0. The van der Waals surface area contributed by atoms with Gasteiger partial charge < -0.3 is 20.9 Å². The average molecular weight is 463 g/mol. The van der Waals surface area contributed by atoms with Crippen LogP contribution in [0.15, 0.2) is 54.6 Å². The van der Waals surface area contributed by atoms with E-state index in [1.807, 2.05) is 12.1 Å². The molecule has 0 unspecified atom stereocenters. The number of hydrogen-bond donors (Lipinski definition) is 2. The van der Waals surface area contributed by atoms with Gasteiger partial charge in [-0.15, -0.1) is 0 Å². The zero-order valence-electron chi connectivity index (χ0n) is 18.8. The molecule has 0 heterocycles. The van der Waals surface area contributed by atoms with Gasteiger partial charge in [-0.05, 0) is 97.6 Å². The van der Waals surface area contributed by atoms with Crippen LogP contribution in [0.25, 0.3) is 0 Å². The lowest BCUT2D eigenvalue weighted by Gasteiger charge is -2.54. The topological polar surface area (TPSA) is 70.5 Å².